The molecule has 4 rings (SSSR count). The Morgan fingerprint density at radius 2 is 1.59 bits per heavy atom. The van der Waals surface area contributed by atoms with Gasteiger partial charge in [0.2, 0.25) is 5.91 Å². The molecule has 0 unspecified atom stereocenters. The van der Waals surface area contributed by atoms with Crippen LogP contribution in [-0.2, 0) is 14.8 Å². The molecule has 5 nitrogen and oxygen atoms in total. The molecule has 1 aliphatic heterocycles. The molecule has 1 amide bonds. The van der Waals surface area contributed by atoms with E-state index in [1.165, 1.54) is 0 Å². The molecule has 1 saturated heterocycles. The van der Waals surface area contributed by atoms with Gasteiger partial charge in [-0.05, 0) is 42.3 Å². The van der Waals surface area contributed by atoms with Crippen LogP contribution in [0.5, 0.6) is 5.75 Å². The maximum Gasteiger partial charge on any atom is 0.267 e. The number of sulfonamides is 1. The van der Waals surface area contributed by atoms with Crippen molar-refractivity contribution in [3.8, 4) is 5.75 Å². The minimum absolute atomic E-state index is 0.119. The van der Waals surface area contributed by atoms with Gasteiger partial charge in [0.25, 0.3) is 10.0 Å². The summed E-state index contributed by atoms with van der Waals surface area (Å²) >= 11 is 0. The summed E-state index contributed by atoms with van der Waals surface area (Å²) in [5, 5.41) is 0. The van der Waals surface area contributed by atoms with Gasteiger partial charge in [0, 0.05) is 12.3 Å². The zero-order valence-electron chi connectivity index (χ0n) is 18.0. The second-order valence-corrected chi connectivity index (χ2v) is 9.67. The predicted molar refractivity (Wildman–Crippen MR) is 125 cm³/mol. The van der Waals surface area contributed by atoms with Gasteiger partial charge >= 0.3 is 0 Å². The van der Waals surface area contributed by atoms with Crippen LogP contribution < -0.4 is 4.74 Å². The maximum absolute atomic E-state index is 13.5. The lowest BCUT2D eigenvalue weighted by molar-refractivity contribution is -0.124. The highest BCUT2D eigenvalue weighted by Crippen LogP contribution is 2.39. The first-order valence-corrected chi connectivity index (χ1v) is 11.9. The van der Waals surface area contributed by atoms with Crippen LogP contribution in [0.4, 0.5) is 0 Å². The van der Waals surface area contributed by atoms with Crippen molar-refractivity contribution < 1.29 is 17.9 Å². The van der Waals surface area contributed by atoms with Gasteiger partial charge in [-0.15, -0.1) is 0 Å². The van der Waals surface area contributed by atoms with Crippen molar-refractivity contribution in [2.75, 3.05) is 7.11 Å². The lowest BCUT2D eigenvalue weighted by atomic mass is 9.91. The summed E-state index contributed by atoms with van der Waals surface area (Å²) in [6.45, 7) is 1.89. The molecule has 32 heavy (non-hydrogen) atoms. The van der Waals surface area contributed by atoms with Crippen molar-refractivity contribution in [2.24, 2.45) is 0 Å². The average molecular weight is 448 g/mol. The van der Waals surface area contributed by atoms with E-state index in [0.717, 1.165) is 26.7 Å². The zero-order valence-corrected chi connectivity index (χ0v) is 18.8. The molecular weight excluding hydrogens is 422 g/mol. The van der Waals surface area contributed by atoms with Crippen molar-refractivity contribution in [3.63, 3.8) is 0 Å². The topological polar surface area (TPSA) is 63.7 Å². The molecule has 6 heteroatoms. The highest BCUT2D eigenvalue weighted by Gasteiger charge is 2.45. The molecule has 0 spiro atoms. The van der Waals surface area contributed by atoms with Crippen LogP contribution in [0.15, 0.2) is 89.8 Å². The van der Waals surface area contributed by atoms with Crippen molar-refractivity contribution in [2.45, 2.75) is 30.2 Å². The Morgan fingerprint density at radius 1 is 0.938 bits per heavy atom. The second-order valence-electron chi connectivity index (χ2n) is 7.85. The molecule has 1 heterocycles. The number of carbonyl (C=O) groups is 1. The third kappa shape index (κ3) is 4.32. The minimum Gasteiger partial charge on any atom is -0.497 e. The fraction of sp³-hybridized carbons (Fsp3) is 0.192. The van der Waals surface area contributed by atoms with E-state index in [4.69, 9.17) is 4.74 Å². The number of carbonyl (C=O) groups excluding carboxylic acids is 1. The first-order chi connectivity index (χ1) is 15.4. The van der Waals surface area contributed by atoms with Crippen LogP contribution in [-0.4, -0.2) is 31.8 Å². The fourth-order valence-corrected chi connectivity index (χ4v) is 5.59. The van der Waals surface area contributed by atoms with Crippen molar-refractivity contribution >= 4 is 22.0 Å². The highest BCUT2D eigenvalue weighted by molar-refractivity contribution is 7.89. The number of benzene rings is 3. The molecule has 164 valence electrons. The van der Waals surface area contributed by atoms with E-state index < -0.39 is 22.0 Å². The summed E-state index contributed by atoms with van der Waals surface area (Å²) in [5.41, 5.74) is 2.78. The summed E-state index contributed by atoms with van der Waals surface area (Å²) in [6.07, 6.45) is 3.80. The van der Waals surface area contributed by atoms with Crippen LogP contribution >= 0.6 is 0 Å². The van der Waals surface area contributed by atoms with E-state index in [1.54, 1.807) is 31.4 Å². The zero-order chi connectivity index (χ0) is 22.7. The van der Waals surface area contributed by atoms with Gasteiger partial charge in [-0.25, -0.2) is 12.7 Å². The maximum atomic E-state index is 13.5. The first kappa shape index (κ1) is 21.8. The Morgan fingerprint density at radius 3 is 2.22 bits per heavy atom. The van der Waals surface area contributed by atoms with Crippen LogP contribution in [0.2, 0.25) is 0 Å². The number of amides is 1. The third-order valence-electron chi connectivity index (χ3n) is 5.73. The highest BCUT2D eigenvalue weighted by atomic mass is 32.2. The number of aryl methyl sites for hydroxylation is 1. The molecule has 1 aliphatic rings. The summed E-state index contributed by atoms with van der Waals surface area (Å²) in [6, 6.07) is 23.0. The summed E-state index contributed by atoms with van der Waals surface area (Å²) in [5.74, 6) is 0.0752. The van der Waals surface area contributed by atoms with Crippen LogP contribution in [0.3, 0.4) is 0 Å². The Hall–Kier alpha value is -3.38. The Balaban J connectivity index is 1.75. The normalized spacial score (nSPS) is 18.9. The molecule has 2 atom stereocenters. The standard InChI is InChI=1S/C26H25NO4S/c1-19-8-15-23(16-9-19)32(29,30)27-25(17-12-20-10-13-22(31-2)14-11-20)24(18-26(27)28)21-6-4-3-5-7-21/h3-17,24-25H,18H2,1-2H3/b17-12+/t24-,25+/m1/s1. The van der Waals surface area contributed by atoms with Gasteiger partial charge in [0.05, 0.1) is 18.0 Å². The van der Waals surface area contributed by atoms with Crippen molar-refractivity contribution in [1.29, 1.82) is 0 Å². The van der Waals surface area contributed by atoms with E-state index >= 15 is 0 Å². The van der Waals surface area contributed by atoms with Gasteiger partial charge in [0.15, 0.2) is 0 Å². The smallest absolute Gasteiger partial charge is 0.267 e. The molecule has 1 fully saturated rings. The fourth-order valence-electron chi connectivity index (χ4n) is 4.00. The molecule has 0 aromatic heterocycles. The molecule has 0 aliphatic carbocycles. The molecule has 3 aromatic rings. The molecule has 0 saturated carbocycles. The van der Waals surface area contributed by atoms with E-state index in [2.05, 4.69) is 0 Å². The number of nitrogens with zero attached hydrogens (tertiary/aromatic N) is 1. The molecule has 0 radical (unpaired) electrons. The number of methoxy groups -OCH3 is 1. The van der Waals surface area contributed by atoms with Gasteiger partial charge in [-0.3, -0.25) is 4.79 Å². The third-order valence-corrected chi connectivity index (χ3v) is 7.56. The summed E-state index contributed by atoms with van der Waals surface area (Å²) in [7, 11) is -2.39. The molecular formula is C26H25NO4S. The van der Waals surface area contributed by atoms with E-state index in [-0.39, 0.29) is 17.2 Å². The van der Waals surface area contributed by atoms with E-state index in [9.17, 15) is 13.2 Å². The van der Waals surface area contributed by atoms with Crippen molar-refractivity contribution in [1.82, 2.24) is 4.31 Å². The Kier molecular flexibility index (Phi) is 6.15. The van der Waals surface area contributed by atoms with E-state index in [0.29, 0.717) is 0 Å². The molecule has 3 aromatic carbocycles. The van der Waals surface area contributed by atoms with Gasteiger partial charge in [-0.2, -0.15) is 0 Å². The first-order valence-electron chi connectivity index (χ1n) is 10.4. The Bertz CT molecular complexity index is 1220. The molecule has 0 bridgehead atoms. The lowest BCUT2D eigenvalue weighted by Crippen LogP contribution is -2.38. The summed E-state index contributed by atoms with van der Waals surface area (Å²) in [4.78, 5) is 13.2. The SMILES string of the molecule is COc1ccc(/C=C/[C@H]2[C@@H](c3ccccc3)CC(=O)N2S(=O)(=O)c2ccc(C)cc2)cc1. The number of ether oxygens (including phenoxy) is 1. The number of hydrogen-bond donors (Lipinski definition) is 0. The minimum atomic E-state index is -4.00. The Labute approximate surface area is 189 Å². The summed E-state index contributed by atoms with van der Waals surface area (Å²) < 4.78 is 33.2. The number of rotatable bonds is 6. The number of hydrogen-bond acceptors (Lipinski definition) is 4. The van der Waals surface area contributed by atoms with Crippen LogP contribution in [0, 0.1) is 6.92 Å². The largest absolute Gasteiger partial charge is 0.497 e. The van der Waals surface area contributed by atoms with Crippen LogP contribution in [0.1, 0.15) is 29.0 Å². The van der Waals surface area contributed by atoms with Crippen LogP contribution in [0.25, 0.3) is 6.08 Å². The van der Waals surface area contributed by atoms with Crippen molar-refractivity contribution in [3.05, 3.63) is 102 Å². The van der Waals surface area contributed by atoms with Gasteiger partial charge in [-0.1, -0.05) is 72.3 Å². The molecule has 0 N–H and O–H groups in total. The van der Waals surface area contributed by atoms with Gasteiger partial charge < -0.3 is 4.74 Å². The second kappa shape index (κ2) is 9.01. The quantitative estimate of drug-likeness (QED) is 0.545. The van der Waals surface area contributed by atoms with E-state index in [1.807, 2.05) is 73.7 Å². The lowest BCUT2D eigenvalue weighted by Gasteiger charge is -2.25. The average Bonchev–Trinajstić information content (AvgIpc) is 3.15. The van der Waals surface area contributed by atoms with Gasteiger partial charge in [0.1, 0.15) is 5.75 Å². The monoisotopic (exact) mass is 447 g/mol. The predicted octanol–water partition coefficient (Wildman–Crippen LogP) is 4.79.